The number of likely N-dealkylation sites (N-methyl/N-ethyl adjacent to an activating group) is 1. The monoisotopic (exact) mass is 349 g/mol. The predicted octanol–water partition coefficient (Wildman–Crippen LogP) is 3.12. The van der Waals surface area contributed by atoms with E-state index in [-0.39, 0.29) is 12.1 Å². The van der Waals surface area contributed by atoms with Crippen LogP contribution < -0.4 is 0 Å². The molecule has 0 fully saturated rings. The van der Waals surface area contributed by atoms with Gasteiger partial charge in [-0.3, -0.25) is 14.3 Å². The van der Waals surface area contributed by atoms with Crippen molar-refractivity contribution in [2.24, 2.45) is 0 Å². The molecule has 1 aromatic carbocycles. The highest BCUT2D eigenvalue weighted by molar-refractivity contribution is 6.33. The molecule has 0 aliphatic rings. The van der Waals surface area contributed by atoms with Crippen LogP contribution in [-0.2, 0) is 10.3 Å². The van der Waals surface area contributed by atoms with Crippen molar-refractivity contribution in [3.05, 3.63) is 41.0 Å². The van der Waals surface area contributed by atoms with Gasteiger partial charge in [0.2, 0.25) is 0 Å². The summed E-state index contributed by atoms with van der Waals surface area (Å²) in [5, 5.41) is 13.9. The second-order valence-electron chi connectivity index (χ2n) is 6.54. The third-order valence-electron chi connectivity index (χ3n) is 3.48. The molecule has 0 saturated carbocycles. The number of nitrogens with zero attached hydrogens (tertiary/aromatic N) is 3. The molecule has 0 bridgehead atoms. The van der Waals surface area contributed by atoms with E-state index in [4.69, 9.17) is 16.7 Å². The standard InChI is InChI=1S/C17H20ClN3O3/c1-17(2,3)21-9-12(16(24)20(4)10-14(22)23)15(19-21)11-7-5-6-8-13(11)18/h5-9H,10H2,1-4H3,(H,22,23). The predicted molar refractivity (Wildman–Crippen MR) is 92.3 cm³/mol. The molecule has 7 heteroatoms. The van der Waals surface area contributed by atoms with Crippen LogP contribution in [0.2, 0.25) is 5.02 Å². The lowest BCUT2D eigenvalue weighted by Crippen LogP contribution is -2.32. The summed E-state index contributed by atoms with van der Waals surface area (Å²) in [6, 6.07) is 7.12. The SMILES string of the molecule is CN(CC(=O)O)C(=O)c1cn(C(C)(C)C)nc1-c1ccccc1Cl. The van der Waals surface area contributed by atoms with E-state index >= 15 is 0 Å². The van der Waals surface area contributed by atoms with Crippen LogP contribution in [0.5, 0.6) is 0 Å². The first-order valence-electron chi connectivity index (χ1n) is 7.43. The minimum Gasteiger partial charge on any atom is -0.480 e. The lowest BCUT2D eigenvalue weighted by atomic mass is 10.1. The summed E-state index contributed by atoms with van der Waals surface area (Å²) in [7, 11) is 1.45. The molecule has 1 heterocycles. The smallest absolute Gasteiger partial charge is 0.323 e. The number of halogens is 1. The van der Waals surface area contributed by atoms with Crippen LogP contribution in [0.1, 0.15) is 31.1 Å². The zero-order valence-electron chi connectivity index (χ0n) is 14.1. The topological polar surface area (TPSA) is 75.4 Å². The first-order valence-corrected chi connectivity index (χ1v) is 7.81. The van der Waals surface area contributed by atoms with Gasteiger partial charge in [-0.25, -0.2) is 0 Å². The van der Waals surface area contributed by atoms with Gasteiger partial charge in [0, 0.05) is 18.8 Å². The first-order chi connectivity index (χ1) is 11.1. The van der Waals surface area contributed by atoms with Crippen molar-refractivity contribution in [3.63, 3.8) is 0 Å². The van der Waals surface area contributed by atoms with Crippen molar-refractivity contribution >= 4 is 23.5 Å². The molecular weight excluding hydrogens is 330 g/mol. The number of hydrogen-bond donors (Lipinski definition) is 1. The van der Waals surface area contributed by atoms with Crippen molar-refractivity contribution in [3.8, 4) is 11.3 Å². The molecule has 0 unspecified atom stereocenters. The van der Waals surface area contributed by atoms with Crippen LogP contribution in [0, 0.1) is 0 Å². The number of aliphatic carboxylic acids is 1. The van der Waals surface area contributed by atoms with Crippen molar-refractivity contribution in [1.82, 2.24) is 14.7 Å². The molecule has 1 aromatic heterocycles. The van der Waals surface area contributed by atoms with E-state index in [1.54, 1.807) is 29.1 Å². The lowest BCUT2D eigenvalue weighted by molar-refractivity contribution is -0.137. The van der Waals surface area contributed by atoms with Crippen LogP contribution in [0.25, 0.3) is 11.3 Å². The number of amides is 1. The Hall–Kier alpha value is -2.34. The molecule has 1 amide bonds. The van der Waals surface area contributed by atoms with E-state index in [0.717, 1.165) is 4.90 Å². The van der Waals surface area contributed by atoms with Crippen molar-refractivity contribution in [2.45, 2.75) is 26.3 Å². The van der Waals surface area contributed by atoms with Gasteiger partial charge in [-0.1, -0.05) is 29.8 Å². The van der Waals surface area contributed by atoms with Gasteiger partial charge in [0.1, 0.15) is 12.2 Å². The Morgan fingerprint density at radius 3 is 2.46 bits per heavy atom. The van der Waals surface area contributed by atoms with Gasteiger partial charge >= 0.3 is 5.97 Å². The Morgan fingerprint density at radius 1 is 1.29 bits per heavy atom. The van der Waals surface area contributed by atoms with Gasteiger partial charge < -0.3 is 10.0 Å². The number of carboxylic acids is 1. The van der Waals surface area contributed by atoms with E-state index in [0.29, 0.717) is 21.8 Å². The summed E-state index contributed by atoms with van der Waals surface area (Å²) in [6.07, 6.45) is 1.64. The fourth-order valence-electron chi connectivity index (χ4n) is 2.21. The normalized spacial score (nSPS) is 11.4. The van der Waals surface area contributed by atoms with Crippen LogP contribution in [0.15, 0.2) is 30.5 Å². The molecule has 128 valence electrons. The highest BCUT2D eigenvalue weighted by atomic mass is 35.5. The maximum absolute atomic E-state index is 12.7. The minimum absolute atomic E-state index is 0.321. The highest BCUT2D eigenvalue weighted by Gasteiger charge is 2.26. The quantitative estimate of drug-likeness (QED) is 0.920. The van der Waals surface area contributed by atoms with Crippen LogP contribution in [0.4, 0.5) is 0 Å². The lowest BCUT2D eigenvalue weighted by Gasteiger charge is -2.19. The molecule has 2 aromatic rings. The van der Waals surface area contributed by atoms with E-state index in [1.165, 1.54) is 7.05 Å². The average Bonchev–Trinajstić information content (AvgIpc) is 2.91. The fraction of sp³-hybridized carbons (Fsp3) is 0.353. The molecule has 0 atom stereocenters. The number of aromatic nitrogens is 2. The van der Waals surface area contributed by atoms with Crippen molar-refractivity contribution in [2.75, 3.05) is 13.6 Å². The molecule has 1 N–H and O–H groups in total. The summed E-state index contributed by atoms with van der Waals surface area (Å²) in [4.78, 5) is 24.7. The largest absolute Gasteiger partial charge is 0.480 e. The number of rotatable bonds is 4. The third kappa shape index (κ3) is 3.76. The van der Waals surface area contributed by atoms with E-state index in [2.05, 4.69) is 5.10 Å². The van der Waals surface area contributed by atoms with Gasteiger partial charge in [-0.2, -0.15) is 5.10 Å². The summed E-state index contributed by atoms with van der Waals surface area (Å²) in [6.45, 7) is 5.50. The number of carbonyl (C=O) groups excluding carboxylic acids is 1. The second kappa shape index (κ2) is 6.65. The summed E-state index contributed by atoms with van der Waals surface area (Å²) in [5.74, 6) is -1.49. The van der Waals surface area contributed by atoms with Crippen molar-refractivity contribution in [1.29, 1.82) is 0 Å². The Balaban J connectivity index is 2.57. The molecule has 0 radical (unpaired) electrons. The van der Waals surface area contributed by atoms with Crippen LogP contribution in [0.3, 0.4) is 0 Å². The summed E-state index contributed by atoms with van der Waals surface area (Å²) < 4.78 is 1.69. The highest BCUT2D eigenvalue weighted by Crippen LogP contribution is 2.31. The number of carbonyl (C=O) groups is 2. The van der Waals surface area contributed by atoms with Gasteiger partial charge in [-0.15, -0.1) is 0 Å². The van der Waals surface area contributed by atoms with Gasteiger partial charge in [0.25, 0.3) is 5.91 Å². The van der Waals surface area contributed by atoms with E-state index < -0.39 is 11.9 Å². The Morgan fingerprint density at radius 2 is 1.92 bits per heavy atom. The van der Waals surface area contributed by atoms with E-state index in [1.807, 2.05) is 26.8 Å². The minimum atomic E-state index is -1.08. The van der Waals surface area contributed by atoms with Gasteiger partial charge in [0.15, 0.2) is 0 Å². The van der Waals surface area contributed by atoms with Crippen molar-refractivity contribution < 1.29 is 14.7 Å². The fourth-order valence-corrected chi connectivity index (χ4v) is 2.43. The molecule has 24 heavy (non-hydrogen) atoms. The Kier molecular flexibility index (Phi) is 4.99. The number of benzene rings is 1. The molecule has 2 rings (SSSR count). The van der Waals surface area contributed by atoms with Gasteiger partial charge in [0.05, 0.1) is 16.1 Å². The number of hydrogen-bond acceptors (Lipinski definition) is 3. The third-order valence-corrected chi connectivity index (χ3v) is 3.81. The molecule has 0 aliphatic carbocycles. The second-order valence-corrected chi connectivity index (χ2v) is 6.95. The average molecular weight is 350 g/mol. The maximum Gasteiger partial charge on any atom is 0.323 e. The van der Waals surface area contributed by atoms with E-state index in [9.17, 15) is 9.59 Å². The Labute approximate surface area is 145 Å². The summed E-state index contributed by atoms with van der Waals surface area (Å²) >= 11 is 6.25. The van der Waals surface area contributed by atoms with Crippen LogP contribution >= 0.6 is 11.6 Å². The Bertz CT molecular complexity index is 778. The number of carboxylic acid groups (broad SMARTS) is 1. The van der Waals surface area contributed by atoms with Gasteiger partial charge in [-0.05, 0) is 26.8 Å². The maximum atomic E-state index is 12.7. The zero-order valence-corrected chi connectivity index (χ0v) is 14.8. The molecule has 6 nitrogen and oxygen atoms in total. The molecular formula is C17H20ClN3O3. The molecule has 0 saturated heterocycles. The zero-order chi connectivity index (χ0) is 18.1. The van der Waals surface area contributed by atoms with Crippen LogP contribution in [-0.4, -0.2) is 45.3 Å². The molecule has 0 spiro atoms. The molecule has 0 aliphatic heterocycles. The summed E-state index contributed by atoms with van der Waals surface area (Å²) in [5.41, 5.74) is 1.06. The first kappa shape index (κ1) is 18.0.